The molecular weight excluding hydrogens is 264 g/mol. The largest absolute Gasteiger partial charge is 0.314 e. The van der Waals surface area contributed by atoms with E-state index in [2.05, 4.69) is 24.1 Å². The van der Waals surface area contributed by atoms with Crippen molar-refractivity contribution in [2.24, 2.45) is 0 Å². The van der Waals surface area contributed by atoms with Crippen molar-refractivity contribution in [1.82, 2.24) is 19.6 Å². The number of hydrogen-bond donors (Lipinski definition) is 1. The van der Waals surface area contributed by atoms with Crippen LogP contribution in [0, 0.1) is 6.92 Å². The monoisotopic (exact) mass is 286 g/mol. The Hall–Kier alpha value is -1.72. The summed E-state index contributed by atoms with van der Waals surface area (Å²) in [5.41, 5.74) is 2.64. The molecular formula is C16H22N4O. The molecule has 2 aromatic rings. The van der Waals surface area contributed by atoms with Crippen molar-refractivity contribution in [3.63, 3.8) is 0 Å². The van der Waals surface area contributed by atoms with Crippen LogP contribution in [0.1, 0.15) is 25.1 Å². The molecule has 1 fully saturated rings. The predicted molar refractivity (Wildman–Crippen MR) is 83.5 cm³/mol. The van der Waals surface area contributed by atoms with Gasteiger partial charge in [0.15, 0.2) is 0 Å². The van der Waals surface area contributed by atoms with Crippen LogP contribution in [0.15, 0.2) is 29.2 Å². The third kappa shape index (κ3) is 2.71. The van der Waals surface area contributed by atoms with E-state index >= 15 is 0 Å². The SMILES string of the molecule is Cc1cccn2c(=O)cc(CN3C(C)CNCC3C)nc12. The van der Waals surface area contributed by atoms with Crippen LogP contribution in [0.4, 0.5) is 0 Å². The van der Waals surface area contributed by atoms with E-state index in [0.29, 0.717) is 12.1 Å². The second-order valence-electron chi connectivity index (χ2n) is 6.00. The fraction of sp³-hybridized carbons (Fsp3) is 0.500. The molecule has 2 unspecified atom stereocenters. The molecule has 112 valence electrons. The molecule has 0 aromatic carbocycles. The van der Waals surface area contributed by atoms with Crippen LogP contribution in [-0.4, -0.2) is 39.5 Å². The molecule has 3 rings (SSSR count). The molecule has 0 spiro atoms. The highest BCUT2D eigenvalue weighted by atomic mass is 16.1. The molecule has 5 nitrogen and oxygen atoms in total. The Balaban J connectivity index is 1.97. The lowest BCUT2D eigenvalue weighted by molar-refractivity contribution is 0.107. The summed E-state index contributed by atoms with van der Waals surface area (Å²) < 4.78 is 1.61. The highest BCUT2D eigenvalue weighted by Crippen LogP contribution is 2.14. The van der Waals surface area contributed by atoms with Gasteiger partial charge in [-0.3, -0.25) is 14.1 Å². The van der Waals surface area contributed by atoms with Crippen LogP contribution >= 0.6 is 0 Å². The molecule has 0 radical (unpaired) electrons. The van der Waals surface area contributed by atoms with Gasteiger partial charge in [0.25, 0.3) is 5.56 Å². The van der Waals surface area contributed by atoms with E-state index in [1.165, 1.54) is 0 Å². The van der Waals surface area contributed by atoms with Crippen LogP contribution in [-0.2, 0) is 6.54 Å². The van der Waals surface area contributed by atoms with Crippen LogP contribution in [0.3, 0.4) is 0 Å². The number of pyridine rings is 1. The normalized spacial score (nSPS) is 23.6. The van der Waals surface area contributed by atoms with Gasteiger partial charge in [-0.15, -0.1) is 0 Å². The quantitative estimate of drug-likeness (QED) is 0.901. The minimum Gasteiger partial charge on any atom is -0.314 e. The van der Waals surface area contributed by atoms with E-state index in [0.717, 1.165) is 36.5 Å². The number of aromatic nitrogens is 2. The van der Waals surface area contributed by atoms with Crippen LogP contribution in [0.2, 0.25) is 0 Å². The van der Waals surface area contributed by atoms with E-state index in [9.17, 15) is 4.79 Å². The number of nitrogens with one attached hydrogen (secondary N) is 1. The first-order valence-corrected chi connectivity index (χ1v) is 7.50. The average Bonchev–Trinajstić information content (AvgIpc) is 2.44. The molecule has 2 aromatic heterocycles. The molecule has 1 aliphatic heterocycles. The summed E-state index contributed by atoms with van der Waals surface area (Å²) in [4.78, 5) is 19.4. The molecule has 0 aliphatic carbocycles. The maximum atomic E-state index is 12.2. The van der Waals surface area contributed by atoms with Crippen molar-refractivity contribution in [1.29, 1.82) is 0 Å². The average molecular weight is 286 g/mol. The second kappa shape index (κ2) is 5.58. The van der Waals surface area contributed by atoms with Gasteiger partial charge in [-0.05, 0) is 32.4 Å². The highest BCUT2D eigenvalue weighted by Gasteiger charge is 2.24. The van der Waals surface area contributed by atoms with Gasteiger partial charge in [-0.2, -0.15) is 0 Å². The summed E-state index contributed by atoms with van der Waals surface area (Å²) in [5, 5.41) is 3.42. The van der Waals surface area contributed by atoms with Crippen molar-refractivity contribution in [3.8, 4) is 0 Å². The molecule has 21 heavy (non-hydrogen) atoms. The summed E-state index contributed by atoms with van der Waals surface area (Å²) in [6, 6.07) is 6.43. The van der Waals surface area contributed by atoms with Gasteiger partial charge in [0.2, 0.25) is 0 Å². The Bertz CT molecular complexity index is 699. The Labute approximate surface area is 124 Å². The second-order valence-corrected chi connectivity index (χ2v) is 6.00. The first-order chi connectivity index (χ1) is 10.1. The number of nitrogens with zero attached hydrogens (tertiary/aromatic N) is 3. The van der Waals surface area contributed by atoms with E-state index in [4.69, 9.17) is 4.98 Å². The van der Waals surface area contributed by atoms with Gasteiger partial charge in [0.1, 0.15) is 5.65 Å². The lowest BCUT2D eigenvalue weighted by Gasteiger charge is -2.39. The lowest BCUT2D eigenvalue weighted by atomic mass is 10.1. The summed E-state index contributed by atoms with van der Waals surface area (Å²) in [6.07, 6.45) is 1.78. The highest BCUT2D eigenvalue weighted by molar-refractivity contribution is 5.46. The van der Waals surface area contributed by atoms with Crippen molar-refractivity contribution in [2.45, 2.75) is 39.4 Å². The zero-order chi connectivity index (χ0) is 15.0. The number of piperazine rings is 1. The predicted octanol–water partition coefficient (Wildman–Crippen LogP) is 1.19. The van der Waals surface area contributed by atoms with Crippen LogP contribution in [0.5, 0.6) is 0 Å². The van der Waals surface area contributed by atoms with Crippen molar-refractivity contribution in [2.75, 3.05) is 13.1 Å². The first kappa shape index (κ1) is 14.2. The zero-order valence-corrected chi connectivity index (χ0v) is 12.8. The number of fused-ring (bicyclic) bond motifs is 1. The van der Waals surface area contributed by atoms with Gasteiger partial charge in [-0.25, -0.2) is 4.98 Å². The lowest BCUT2D eigenvalue weighted by Crippen LogP contribution is -2.54. The third-order valence-corrected chi connectivity index (χ3v) is 4.30. The smallest absolute Gasteiger partial charge is 0.258 e. The van der Waals surface area contributed by atoms with Crippen molar-refractivity contribution >= 4 is 5.65 Å². The van der Waals surface area contributed by atoms with Crippen LogP contribution in [0.25, 0.3) is 5.65 Å². The molecule has 1 saturated heterocycles. The van der Waals surface area contributed by atoms with E-state index in [1.54, 1.807) is 16.7 Å². The Morgan fingerprint density at radius 2 is 2.05 bits per heavy atom. The summed E-state index contributed by atoms with van der Waals surface area (Å²) >= 11 is 0. The maximum Gasteiger partial charge on any atom is 0.258 e. The first-order valence-electron chi connectivity index (χ1n) is 7.50. The minimum absolute atomic E-state index is 0.00543. The molecule has 0 amide bonds. The maximum absolute atomic E-state index is 12.2. The Morgan fingerprint density at radius 3 is 2.76 bits per heavy atom. The third-order valence-electron chi connectivity index (χ3n) is 4.30. The summed E-state index contributed by atoms with van der Waals surface area (Å²) in [6.45, 7) is 9.10. The fourth-order valence-corrected chi connectivity index (χ4v) is 3.06. The van der Waals surface area contributed by atoms with E-state index in [-0.39, 0.29) is 5.56 Å². The molecule has 0 saturated carbocycles. The molecule has 0 bridgehead atoms. The molecule has 1 aliphatic rings. The molecule has 2 atom stereocenters. The van der Waals surface area contributed by atoms with E-state index in [1.807, 2.05) is 19.1 Å². The number of hydrogen-bond acceptors (Lipinski definition) is 4. The van der Waals surface area contributed by atoms with Gasteiger partial charge < -0.3 is 5.32 Å². The van der Waals surface area contributed by atoms with Gasteiger partial charge in [-0.1, -0.05) is 6.07 Å². The Morgan fingerprint density at radius 1 is 1.33 bits per heavy atom. The van der Waals surface area contributed by atoms with Crippen molar-refractivity contribution in [3.05, 3.63) is 46.0 Å². The van der Waals surface area contributed by atoms with Crippen LogP contribution < -0.4 is 10.9 Å². The topological polar surface area (TPSA) is 49.6 Å². The zero-order valence-electron chi connectivity index (χ0n) is 12.8. The van der Waals surface area contributed by atoms with Crippen molar-refractivity contribution < 1.29 is 0 Å². The van der Waals surface area contributed by atoms with Gasteiger partial charge >= 0.3 is 0 Å². The summed E-state index contributed by atoms with van der Waals surface area (Å²) in [5.74, 6) is 0. The fourth-order valence-electron chi connectivity index (χ4n) is 3.06. The van der Waals surface area contributed by atoms with Gasteiger partial charge in [0, 0.05) is 44.0 Å². The minimum atomic E-state index is -0.00543. The molecule has 1 N–H and O–H groups in total. The number of rotatable bonds is 2. The standard InChI is InChI=1S/C16H22N4O/c1-11-5-4-6-19-15(21)7-14(18-16(11)19)10-20-12(2)8-17-9-13(20)3/h4-7,12-13,17H,8-10H2,1-3H3. The molecule has 3 heterocycles. The number of aryl methyl sites for hydroxylation is 1. The summed E-state index contributed by atoms with van der Waals surface area (Å²) in [7, 11) is 0. The van der Waals surface area contributed by atoms with Gasteiger partial charge in [0.05, 0.1) is 5.69 Å². The molecule has 5 heteroatoms. The Kier molecular flexibility index (Phi) is 3.78. The van der Waals surface area contributed by atoms with E-state index < -0.39 is 0 Å².